The Labute approximate surface area is 63.3 Å². The molecule has 1 heterocycles. The maximum Gasteiger partial charge on any atom is 0.250 e. The van der Waals surface area contributed by atoms with Gasteiger partial charge in [0.25, 0.3) is 0 Å². The molecular formula is C6H8N2O3. The number of carbonyl (C=O) groups is 1. The molecule has 1 N–H and O–H groups in total. The highest BCUT2D eigenvalue weighted by molar-refractivity contribution is 5.91. The molecule has 0 aliphatic heterocycles. The van der Waals surface area contributed by atoms with Gasteiger partial charge in [-0.1, -0.05) is 5.16 Å². The number of rotatable bonds is 3. The Hall–Kier alpha value is -1.36. The maximum atomic E-state index is 10.8. The molecule has 5 heteroatoms. The van der Waals surface area contributed by atoms with Crippen molar-refractivity contribution in [1.82, 2.24) is 5.16 Å². The molecule has 0 aromatic carbocycles. The molecule has 0 radical (unpaired) electrons. The molecule has 0 aliphatic carbocycles. The summed E-state index contributed by atoms with van der Waals surface area (Å²) in [4.78, 5) is 10.8. The standard InChI is InChI=1S/C6H8N2O3/c1-10-4-6(9)8-5-2-7-11-3-5/h2-3H,4H2,1H3,(H,8,9). The van der Waals surface area contributed by atoms with Crippen molar-refractivity contribution in [3.05, 3.63) is 12.5 Å². The van der Waals surface area contributed by atoms with E-state index in [0.717, 1.165) is 0 Å². The number of amides is 1. The van der Waals surface area contributed by atoms with Gasteiger partial charge in [0.1, 0.15) is 18.6 Å². The third kappa shape index (κ3) is 2.38. The zero-order valence-corrected chi connectivity index (χ0v) is 6.03. The number of nitrogens with one attached hydrogen (secondary N) is 1. The topological polar surface area (TPSA) is 64.4 Å². The van der Waals surface area contributed by atoms with Crippen molar-refractivity contribution in [2.45, 2.75) is 0 Å². The van der Waals surface area contributed by atoms with E-state index in [1.807, 2.05) is 0 Å². The number of nitrogens with zero attached hydrogens (tertiary/aromatic N) is 1. The van der Waals surface area contributed by atoms with Crippen molar-refractivity contribution >= 4 is 11.6 Å². The third-order valence-corrected chi connectivity index (χ3v) is 0.992. The largest absolute Gasteiger partial charge is 0.375 e. The second kappa shape index (κ2) is 3.72. The Balaban J connectivity index is 2.37. The van der Waals surface area contributed by atoms with Crippen molar-refractivity contribution < 1.29 is 14.1 Å². The van der Waals surface area contributed by atoms with Crippen LogP contribution in [0, 0.1) is 0 Å². The lowest BCUT2D eigenvalue weighted by Crippen LogP contribution is -2.16. The molecule has 0 bridgehead atoms. The average molecular weight is 156 g/mol. The fourth-order valence-corrected chi connectivity index (χ4v) is 0.595. The molecular weight excluding hydrogens is 148 g/mol. The number of hydrogen-bond acceptors (Lipinski definition) is 4. The number of methoxy groups -OCH3 is 1. The smallest absolute Gasteiger partial charge is 0.250 e. The van der Waals surface area contributed by atoms with Gasteiger partial charge in [0.2, 0.25) is 5.91 Å². The van der Waals surface area contributed by atoms with Crippen LogP contribution in [-0.4, -0.2) is 24.8 Å². The first-order chi connectivity index (χ1) is 5.33. The van der Waals surface area contributed by atoms with Gasteiger partial charge in [0, 0.05) is 7.11 Å². The number of hydrogen-bond donors (Lipinski definition) is 1. The van der Waals surface area contributed by atoms with Crippen LogP contribution in [0.25, 0.3) is 0 Å². The van der Waals surface area contributed by atoms with Crippen molar-refractivity contribution in [2.75, 3.05) is 19.0 Å². The summed E-state index contributed by atoms with van der Waals surface area (Å²) >= 11 is 0. The van der Waals surface area contributed by atoms with E-state index >= 15 is 0 Å². The zero-order valence-electron chi connectivity index (χ0n) is 6.03. The van der Waals surface area contributed by atoms with Crippen LogP contribution >= 0.6 is 0 Å². The summed E-state index contributed by atoms with van der Waals surface area (Å²) in [5, 5.41) is 5.91. The number of anilines is 1. The Morgan fingerprint density at radius 2 is 2.73 bits per heavy atom. The van der Waals surface area contributed by atoms with E-state index in [0.29, 0.717) is 5.69 Å². The lowest BCUT2D eigenvalue weighted by Gasteiger charge is -1.97. The minimum Gasteiger partial charge on any atom is -0.375 e. The molecule has 1 rings (SSSR count). The molecule has 1 aromatic heterocycles. The van der Waals surface area contributed by atoms with E-state index in [4.69, 9.17) is 0 Å². The lowest BCUT2D eigenvalue weighted by molar-refractivity contribution is -0.119. The molecule has 11 heavy (non-hydrogen) atoms. The molecule has 0 unspecified atom stereocenters. The highest BCUT2D eigenvalue weighted by Gasteiger charge is 2.01. The van der Waals surface area contributed by atoms with E-state index < -0.39 is 0 Å². The van der Waals surface area contributed by atoms with Gasteiger partial charge in [-0.15, -0.1) is 0 Å². The molecule has 0 saturated carbocycles. The second-order valence-electron chi connectivity index (χ2n) is 1.89. The van der Waals surface area contributed by atoms with Gasteiger partial charge >= 0.3 is 0 Å². The Morgan fingerprint density at radius 3 is 3.27 bits per heavy atom. The maximum absolute atomic E-state index is 10.8. The second-order valence-corrected chi connectivity index (χ2v) is 1.89. The van der Waals surface area contributed by atoms with Gasteiger partial charge in [-0.2, -0.15) is 0 Å². The van der Waals surface area contributed by atoms with E-state index in [9.17, 15) is 4.79 Å². The molecule has 1 amide bonds. The van der Waals surface area contributed by atoms with Crippen molar-refractivity contribution in [3.63, 3.8) is 0 Å². The summed E-state index contributed by atoms with van der Waals surface area (Å²) < 4.78 is 9.08. The SMILES string of the molecule is COCC(=O)Nc1cnoc1. The Kier molecular flexibility index (Phi) is 2.62. The summed E-state index contributed by atoms with van der Waals surface area (Å²) in [6.45, 7) is 0.0329. The number of carbonyl (C=O) groups excluding carboxylic acids is 1. The van der Waals surface area contributed by atoms with Gasteiger partial charge < -0.3 is 14.6 Å². The molecule has 5 nitrogen and oxygen atoms in total. The first kappa shape index (κ1) is 7.74. The van der Waals surface area contributed by atoms with Crippen LogP contribution in [0.1, 0.15) is 0 Å². The van der Waals surface area contributed by atoms with Gasteiger partial charge in [-0.3, -0.25) is 4.79 Å². The first-order valence-corrected chi connectivity index (χ1v) is 3.01. The monoisotopic (exact) mass is 156 g/mol. The van der Waals surface area contributed by atoms with Crippen LogP contribution in [0.15, 0.2) is 17.0 Å². The molecule has 1 aromatic rings. The fraction of sp³-hybridized carbons (Fsp3) is 0.333. The fourth-order valence-electron chi connectivity index (χ4n) is 0.595. The van der Waals surface area contributed by atoms with Gasteiger partial charge in [0.15, 0.2) is 0 Å². The first-order valence-electron chi connectivity index (χ1n) is 3.01. The van der Waals surface area contributed by atoms with Crippen LogP contribution in [0.2, 0.25) is 0 Å². The van der Waals surface area contributed by atoms with Crippen molar-refractivity contribution in [3.8, 4) is 0 Å². The van der Waals surface area contributed by atoms with Crippen LogP contribution < -0.4 is 5.32 Å². The van der Waals surface area contributed by atoms with E-state index in [-0.39, 0.29) is 12.5 Å². The normalized spacial score (nSPS) is 9.55. The Morgan fingerprint density at radius 1 is 1.91 bits per heavy atom. The van der Waals surface area contributed by atoms with Gasteiger partial charge in [-0.05, 0) is 0 Å². The van der Waals surface area contributed by atoms with E-state index in [1.165, 1.54) is 19.6 Å². The summed E-state index contributed by atoms with van der Waals surface area (Å²) in [6.07, 6.45) is 2.75. The minimum absolute atomic E-state index is 0.0329. The summed E-state index contributed by atoms with van der Waals surface area (Å²) in [5.74, 6) is -0.226. The summed E-state index contributed by atoms with van der Waals surface area (Å²) in [7, 11) is 1.45. The van der Waals surface area contributed by atoms with Crippen LogP contribution in [0.4, 0.5) is 5.69 Å². The lowest BCUT2D eigenvalue weighted by atomic mass is 10.5. The summed E-state index contributed by atoms with van der Waals surface area (Å²) in [6, 6.07) is 0. The molecule has 0 saturated heterocycles. The Bertz CT molecular complexity index is 220. The molecule has 0 fully saturated rings. The molecule has 60 valence electrons. The average Bonchev–Trinajstić information content (AvgIpc) is 2.40. The number of ether oxygens (including phenoxy) is 1. The molecule has 0 spiro atoms. The quantitative estimate of drug-likeness (QED) is 0.681. The van der Waals surface area contributed by atoms with Crippen molar-refractivity contribution in [1.29, 1.82) is 0 Å². The summed E-state index contributed by atoms with van der Waals surface area (Å²) in [5.41, 5.74) is 0.534. The zero-order chi connectivity index (χ0) is 8.10. The predicted molar refractivity (Wildman–Crippen MR) is 37.0 cm³/mol. The van der Waals surface area contributed by atoms with Gasteiger partial charge in [-0.25, -0.2) is 0 Å². The third-order valence-electron chi connectivity index (χ3n) is 0.992. The molecule has 0 aliphatic rings. The highest BCUT2D eigenvalue weighted by Crippen LogP contribution is 2.02. The van der Waals surface area contributed by atoms with E-state index in [2.05, 4.69) is 19.7 Å². The van der Waals surface area contributed by atoms with Crippen LogP contribution in [-0.2, 0) is 9.53 Å². The van der Waals surface area contributed by atoms with Crippen LogP contribution in [0.3, 0.4) is 0 Å². The highest BCUT2D eigenvalue weighted by atomic mass is 16.5. The van der Waals surface area contributed by atoms with Crippen molar-refractivity contribution in [2.24, 2.45) is 0 Å². The van der Waals surface area contributed by atoms with E-state index in [1.54, 1.807) is 0 Å². The minimum atomic E-state index is -0.226. The predicted octanol–water partition coefficient (Wildman–Crippen LogP) is 0.260. The number of aromatic nitrogens is 1. The van der Waals surface area contributed by atoms with Crippen LogP contribution in [0.5, 0.6) is 0 Å². The van der Waals surface area contributed by atoms with Gasteiger partial charge in [0.05, 0.1) is 6.20 Å². The molecule has 0 atom stereocenters.